The summed E-state index contributed by atoms with van der Waals surface area (Å²) in [6, 6.07) is 0. The Morgan fingerprint density at radius 2 is 2.50 bits per heavy atom. The number of nitrogens with two attached hydrogens (primary N) is 1. The van der Waals surface area contributed by atoms with Crippen LogP contribution in [0, 0.1) is 11.8 Å². The SMILES string of the molecule is Cc1[nH]nc2c1N=C[N+](=O)C2N. The summed E-state index contributed by atoms with van der Waals surface area (Å²) in [5.41, 5.74) is 7.55. The first-order valence-corrected chi connectivity index (χ1v) is 3.50. The number of aliphatic imine (C=N–C) groups is 1. The summed E-state index contributed by atoms with van der Waals surface area (Å²) in [6.45, 7) is 1.83. The molecule has 6 heteroatoms. The number of hydrogen-bond donors (Lipinski definition) is 2. The molecule has 0 saturated carbocycles. The summed E-state index contributed by atoms with van der Waals surface area (Å²) in [5, 5.41) is 6.60. The molecule has 0 radical (unpaired) electrons. The van der Waals surface area contributed by atoms with Crippen molar-refractivity contribution in [3.05, 3.63) is 16.3 Å². The van der Waals surface area contributed by atoms with Crippen molar-refractivity contribution in [3.63, 3.8) is 0 Å². The Bertz CT molecular complexity index is 366. The number of aromatic nitrogens is 2. The normalized spacial score (nSPS) is 21.2. The Labute approximate surface area is 68.1 Å². The molecular weight excluding hydrogens is 158 g/mol. The molecule has 2 rings (SSSR count). The maximum atomic E-state index is 11.0. The summed E-state index contributed by atoms with van der Waals surface area (Å²) < 4.78 is 0.572. The summed E-state index contributed by atoms with van der Waals surface area (Å²) >= 11 is 0. The molecule has 12 heavy (non-hydrogen) atoms. The van der Waals surface area contributed by atoms with Gasteiger partial charge in [0, 0.05) is 0 Å². The fourth-order valence-corrected chi connectivity index (χ4v) is 1.12. The van der Waals surface area contributed by atoms with E-state index in [1.165, 1.54) is 0 Å². The Hall–Kier alpha value is -1.56. The first-order chi connectivity index (χ1) is 5.70. The van der Waals surface area contributed by atoms with Crippen LogP contribution in [0.1, 0.15) is 17.6 Å². The van der Waals surface area contributed by atoms with Gasteiger partial charge in [0.05, 0.1) is 5.69 Å². The average molecular weight is 166 g/mol. The van der Waals surface area contributed by atoms with E-state index in [-0.39, 0.29) is 0 Å². The Balaban J connectivity index is 2.60. The third-order valence-corrected chi connectivity index (χ3v) is 1.80. The van der Waals surface area contributed by atoms with Gasteiger partial charge in [0.2, 0.25) is 11.9 Å². The number of fused-ring (bicyclic) bond motifs is 1. The first kappa shape index (κ1) is 7.11. The van der Waals surface area contributed by atoms with Crippen LogP contribution >= 0.6 is 0 Å². The van der Waals surface area contributed by atoms with Crippen LogP contribution in [0.4, 0.5) is 5.69 Å². The summed E-state index contributed by atoms with van der Waals surface area (Å²) in [7, 11) is 0. The number of aryl methyl sites for hydroxylation is 1. The van der Waals surface area contributed by atoms with Gasteiger partial charge in [-0.1, -0.05) is 4.91 Å². The van der Waals surface area contributed by atoms with Gasteiger partial charge in [0.1, 0.15) is 0 Å². The largest absolute Gasteiger partial charge is 0.327 e. The van der Waals surface area contributed by atoms with Gasteiger partial charge < -0.3 is 0 Å². The summed E-state index contributed by atoms with van der Waals surface area (Å²) in [4.78, 5) is 14.9. The maximum Gasteiger partial charge on any atom is 0.327 e. The van der Waals surface area contributed by atoms with Crippen LogP contribution in [0.25, 0.3) is 0 Å². The highest BCUT2D eigenvalue weighted by atomic mass is 16.3. The zero-order chi connectivity index (χ0) is 8.72. The molecule has 1 aliphatic rings. The van der Waals surface area contributed by atoms with E-state index < -0.39 is 6.17 Å². The lowest BCUT2D eigenvalue weighted by molar-refractivity contribution is -0.475. The standard InChI is InChI=1S/C6H8N5O/c1-3-4-5(10-9-3)6(7)11(12)2-8-4/h2,6H,7H2,1H3,(H,9,10)/q+1. The number of hydrogen-bond acceptors (Lipinski definition) is 4. The van der Waals surface area contributed by atoms with Gasteiger partial charge in [-0.15, -0.1) is 0 Å². The van der Waals surface area contributed by atoms with Crippen molar-refractivity contribution in [2.24, 2.45) is 10.7 Å². The zero-order valence-corrected chi connectivity index (χ0v) is 6.48. The van der Waals surface area contributed by atoms with Crippen LogP contribution in [0.15, 0.2) is 4.99 Å². The van der Waals surface area contributed by atoms with Crippen molar-refractivity contribution in [2.45, 2.75) is 13.1 Å². The highest BCUT2D eigenvalue weighted by Gasteiger charge is 2.31. The molecule has 6 nitrogen and oxygen atoms in total. The second kappa shape index (κ2) is 2.21. The van der Waals surface area contributed by atoms with Crippen LogP contribution in [0.3, 0.4) is 0 Å². The molecule has 0 fully saturated rings. The van der Waals surface area contributed by atoms with Gasteiger partial charge in [-0.25, -0.2) is 0 Å². The minimum Gasteiger partial charge on any atom is -0.284 e. The van der Waals surface area contributed by atoms with Gasteiger partial charge in [-0.3, -0.25) is 10.8 Å². The minimum absolute atomic E-state index is 0.505. The zero-order valence-electron chi connectivity index (χ0n) is 6.48. The minimum atomic E-state index is -0.734. The van der Waals surface area contributed by atoms with Crippen molar-refractivity contribution in [2.75, 3.05) is 0 Å². The predicted molar refractivity (Wildman–Crippen MR) is 42.0 cm³/mol. The van der Waals surface area contributed by atoms with E-state index in [1.54, 1.807) is 0 Å². The van der Waals surface area contributed by atoms with E-state index >= 15 is 0 Å². The van der Waals surface area contributed by atoms with E-state index in [4.69, 9.17) is 5.73 Å². The van der Waals surface area contributed by atoms with Gasteiger partial charge in [0.15, 0.2) is 5.69 Å². The third-order valence-electron chi connectivity index (χ3n) is 1.80. The highest BCUT2D eigenvalue weighted by Crippen LogP contribution is 2.28. The van der Waals surface area contributed by atoms with Crippen molar-refractivity contribution in [3.8, 4) is 0 Å². The lowest BCUT2D eigenvalue weighted by atomic mass is 10.2. The molecule has 1 aromatic rings. The van der Waals surface area contributed by atoms with Crippen molar-refractivity contribution in [1.29, 1.82) is 0 Å². The molecule has 3 N–H and O–H groups in total. The number of nitroso groups, excluding NO2 is 1. The molecule has 1 aromatic heterocycles. The second-order valence-electron chi connectivity index (χ2n) is 2.63. The van der Waals surface area contributed by atoms with Crippen LogP contribution in [0.5, 0.6) is 0 Å². The topological polar surface area (TPSA) is 87.1 Å². The molecule has 0 aromatic carbocycles. The number of nitrogens with zero attached hydrogens (tertiary/aromatic N) is 3. The van der Waals surface area contributed by atoms with Crippen molar-refractivity contribution >= 4 is 12.0 Å². The van der Waals surface area contributed by atoms with Crippen molar-refractivity contribution in [1.82, 2.24) is 10.2 Å². The quantitative estimate of drug-likeness (QED) is 0.537. The van der Waals surface area contributed by atoms with Crippen molar-refractivity contribution < 1.29 is 4.76 Å². The number of H-pyrrole nitrogens is 1. The van der Waals surface area contributed by atoms with Crippen LogP contribution < -0.4 is 5.73 Å². The molecule has 1 unspecified atom stereocenters. The highest BCUT2D eigenvalue weighted by molar-refractivity contribution is 5.61. The molecule has 2 heterocycles. The molecule has 0 aliphatic carbocycles. The second-order valence-corrected chi connectivity index (χ2v) is 2.63. The first-order valence-electron chi connectivity index (χ1n) is 3.50. The maximum absolute atomic E-state index is 11.0. The van der Waals surface area contributed by atoms with Gasteiger partial charge in [-0.2, -0.15) is 5.10 Å². The predicted octanol–water partition coefficient (Wildman–Crippen LogP) is 0.128. The Kier molecular flexibility index (Phi) is 1.31. The molecule has 0 bridgehead atoms. The fraction of sp³-hybridized carbons (Fsp3) is 0.333. The van der Waals surface area contributed by atoms with Crippen LogP contribution in [0.2, 0.25) is 0 Å². The van der Waals surface area contributed by atoms with E-state index in [0.29, 0.717) is 16.1 Å². The van der Waals surface area contributed by atoms with Crippen LogP contribution in [-0.2, 0) is 0 Å². The molecular formula is C6H8N5O+. The number of rotatable bonds is 0. The molecule has 0 amide bonds. The van der Waals surface area contributed by atoms with E-state index in [9.17, 15) is 4.91 Å². The lowest BCUT2D eigenvalue weighted by Crippen LogP contribution is -2.25. The summed E-state index contributed by atoms with van der Waals surface area (Å²) in [6.07, 6.45) is 0.428. The van der Waals surface area contributed by atoms with Gasteiger partial charge in [-0.05, 0) is 16.7 Å². The number of nitrogens with one attached hydrogen (secondary N) is 1. The van der Waals surface area contributed by atoms with E-state index in [2.05, 4.69) is 15.2 Å². The van der Waals surface area contributed by atoms with Crippen LogP contribution in [-0.4, -0.2) is 21.3 Å². The Morgan fingerprint density at radius 3 is 3.25 bits per heavy atom. The average Bonchev–Trinajstić information content (AvgIpc) is 2.41. The van der Waals surface area contributed by atoms with Gasteiger partial charge >= 0.3 is 6.34 Å². The molecule has 0 spiro atoms. The lowest BCUT2D eigenvalue weighted by Gasteiger charge is -2.02. The van der Waals surface area contributed by atoms with Gasteiger partial charge in [0.25, 0.3) is 0 Å². The monoisotopic (exact) mass is 166 g/mol. The smallest absolute Gasteiger partial charge is 0.284 e. The number of aromatic amines is 1. The van der Waals surface area contributed by atoms with E-state index in [1.807, 2.05) is 6.92 Å². The molecule has 1 atom stereocenters. The summed E-state index contributed by atoms with van der Waals surface area (Å²) in [5.74, 6) is 0. The molecule has 0 saturated heterocycles. The van der Waals surface area contributed by atoms with E-state index in [0.717, 1.165) is 12.0 Å². The third kappa shape index (κ3) is 0.782. The molecule has 1 aliphatic heterocycles. The fourth-order valence-electron chi connectivity index (χ4n) is 1.12. The Morgan fingerprint density at radius 1 is 1.75 bits per heavy atom. The molecule has 62 valence electrons.